The van der Waals surface area contributed by atoms with Gasteiger partial charge in [-0.1, -0.05) is 29.3 Å². The SMILES string of the molecule is Cc1cc(C)c(NC(=O)CCc2csc(NC(=O)c3ccc(Cl)cc3)n2)c(C)c1. The molecule has 3 rings (SSSR count). The third-order valence-electron chi connectivity index (χ3n) is 4.43. The van der Waals surface area contributed by atoms with Crippen LogP contribution in [0.1, 0.15) is 39.2 Å². The van der Waals surface area contributed by atoms with Gasteiger partial charge in [-0.05, 0) is 62.6 Å². The van der Waals surface area contributed by atoms with E-state index >= 15 is 0 Å². The summed E-state index contributed by atoms with van der Waals surface area (Å²) in [5.41, 5.74) is 5.43. The molecule has 0 aliphatic heterocycles. The van der Waals surface area contributed by atoms with E-state index in [-0.39, 0.29) is 11.8 Å². The molecule has 0 saturated heterocycles. The standard InChI is InChI=1S/C22H22ClN3O2S/c1-13-10-14(2)20(15(3)11-13)25-19(27)9-8-18-12-29-22(24-18)26-21(28)16-4-6-17(23)7-5-16/h4-7,10-12H,8-9H2,1-3H3,(H,25,27)(H,24,26,28). The van der Waals surface area contributed by atoms with Crippen molar-refractivity contribution in [2.75, 3.05) is 10.6 Å². The number of aromatic nitrogens is 1. The van der Waals surface area contributed by atoms with Crippen molar-refractivity contribution in [2.45, 2.75) is 33.6 Å². The minimum Gasteiger partial charge on any atom is -0.326 e. The third-order valence-corrected chi connectivity index (χ3v) is 5.49. The van der Waals surface area contributed by atoms with Gasteiger partial charge in [0.25, 0.3) is 5.91 Å². The molecule has 0 radical (unpaired) electrons. The second kappa shape index (κ2) is 9.20. The summed E-state index contributed by atoms with van der Waals surface area (Å²) in [7, 11) is 0. The van der Waals surface area contributed by atoms with E-state index in [0.717, 1.165) is 22.5 Å². The second-order valence-electron chi connectivity index (χ2n) is 6.93. The number of nitrogens with zero attached hydrogens (tertiary/aromatic N) is 1. The van der Waals surface area contributed by atoms with Crippen LogP contribution < -0.4 is 10.6 Å². The predicted octanol–water partition coefficient (Wildman–Crippen LogP) is 5.55. The van der Waals surface area contributed by atoms with Crippen molar-refractivity contribution in [3.63, 3.8) is 0 Å². The average Bonchev–Trinajstić information content (AvgIpc) is 3.11. The summed E-state index contributed by atoms with van der Waals surface area (Å²) in [6.45, 7) is 6.02. The van der Waals surface area contributed by atoms with E-state index < -0.39 is 0 Å². The summed E-state index contributed by atoms with van der Waals surface area (Å²) in [5, 5.41) is 8.70. The molecule has 0 unspecified atom stereocenters. The van der Waals surface area contributed by atoms with Crippen LogP contribution in [0.25, 0.3) is 0 Å². The fourth-order valence-corrected chi connectivity index (χ4v) is 3.94. The molecule has 2 aromatic carbocycles. The van der Waals surface area contributed by atoms with Crippen LogP contribution in [0.15, 0.2) is 41.8 Å². The molecule has 1 heterocycles. The summed E-state index contributed by atoms with van der Waals surface area (Å²) in [5.74, 6) is -0.301. The number of halogens is 1. The summed E-state index contributed by atoms with van der Waals surface area (Å²) >= 11 is 7.18. The van der Waals surface area contributed by atoms with Crippen molar-refractivity contribution in [3.8, 4) is 0 Å². The number of hydrogen-bond acceptors (Lipinski definition) is 4. The van der Waals surface area contributed by atoms with Gasteiger partial charge in [0.1, 0.15) is 0 Å². The molecule has 0 aliphatic carbocycles. The first-order valence-electron chi connectivity index (χ1n) is 9.21. The molecule has 0 spiro atoms. The molecule has 5 nitrogen and oxygen atoms in total. The highest BCUT2D eigenvalue weighted by Gasteiger charge is 2.12. The Morgan fingerprint density at radius 2 is 1.69 bits per heavy atom. The molecule has 0 saturated carbocycles. The fraction of sp³-hybridized carbons (Fsp3) is 0.227. The highest BCUT2D eigenvalue weighted by atomic mass is 35.5. The van der Waals surface area contributed by atoms with E-state index in [1.807, 2.05) is 26.2 Å². The first kappa shape index (κ1) is 21.0. The Balaban J connectivity index is 1.54. The van der Waals surface area contributed by atoms with Gasteiger partial charge in [-0.15, -0.1) is 11.3 Å². The highest BCUT2D eigenvalue weighted by Crippen LogP contribution is 2.23. The van der Waals surface area contributed by atoms with Crippen molar-refractivity contribution in [3.05, 3.63) is 74.7 Å². The Bertz CT molecular complexity index is 1020. The topological polar surface area (TPSA) is 71.1 Å². The monoisotopic (exact) mass is 427 g/mol. The second-order valence-corrected chi connectivity index (χ2v) is 8.22. The minimum absolute atomic E-state index is 0.0557. The van der Waals surface area contributed by atoms with Gasteiger partial charge in [0.15, 0.2) is 5.13 Å². The lowest BCUT2D eigenvalue weighted by atomic mass is 10.0. The average molecular weight is 428 g/mol. The molecular formula is C22H22ClN3O2S. The molecule has 3 aromatic rings. The van der Waals surface area contributed by atoms with Gasteiger partial charge in [-0.3, -0.25) is 14.9 Å². The molecular weight excluding hydrogens is 406 g/mol. The Morgan fingerprint density at radius 1 is 1.03 bits per heavy atom. The van der Waals surface area contributed by atoms with Crippen LogP contribution in [0, 0.1) is 20.8 Å². The van der Waals surface area contributed by atoms with Crippen LogP contribution in [0.5, 0.6) is 0 Å². The van der Waals surface area contributed by atoms with Gasteiger partial charge >= 0.3 is 0 Å². The minimum atomic E-state index is -0.245. The zero-order chi connectivity index (χ0) is 21.0. The zero-order valence-electron chi connectivity index (χ0n) is 16.5. The van der Waals surface area contributed by atoms with Crippen molar-refractivity contribution in [1.29, 1.82) is 0 Å². The maximum Gasteiger partial charge on any atom is 0.257 e. The van der Waals surface area contributed by atoms with Gasteiger partial charge in [0.05, 0.1) is 5.69 Å². The van der Waals surface area contributed by atoms with Crippen molar-refractivity contribution < 1.29 is 9.59 Å². The number of aryl methyl sites for hydroxylation is 4. The van der Waals surface area contributed by atoms with Crippen molar-refractivity contribution >= 4 is 45.6 Å². The summed E-state index contributed by atoms with van der Waals surface area (Å²) in [6.07, 6.45) is 0.824. The number of hydrogen-bond donors (Lipinski definition) is 2. The van der Waals surface area contributed by atoms with Crippen LogP contribution in [0.2, 0.25) is 5.02 Å². The molecule has 2 amide bonds. The van der Waals surface area contributed by atoms with Crippen molar-refractivity contribution in [1.82, 2.24) is 4.98 Å². The normalized spacial score (nSPS) is 10.6. The number of anilines is 2. The van der Waals surface area contributed by atoms with E-state index in [0.29, 0.717) is 28.6 Å². The number of nitrogens with one attached hydrogen (secondary N) is 2. The molecule has 0 aliphatic rings. The number of thiazole rings is 1. The Labute approximate surface area is 179 Å². The van der Waals surface area contributed by atoms with E-state index in [4.69, 9.17) is 11.6 Å². The van der Waals surface area contributed by atoms with Gasteiger partial charge in [0.2, 0.25) is 5.91 Å². The van der Waals surface area contributed by atoms with Crippen LogP contribution in [0.4, 0.5) is 10.8 Å². The first-order chi connectivity index (χ1) is 13.8. The van der Waals surface area contributed by atoms with E-state index in [9.17, 15) is 9.59 Å². The lowest BCUT2D eigenvalue weighted by Gasteiger charge is -2.12. The third kappa shape index (κ3) is 5.65. The maximum absolute atomic E-state index is 12.4. The smallest absolute Gasteiger partial charge is 0.257 e. The van der Waals surface area contributed by atoms with Gasteiger partial charge in [-0.25, -0.2) is 4.98 Å². The number of carbonyl (C=O) groups is 2. The lowest BCUT2D eigenvalue weighted by molar-refractivity contribution is -0.116. The van der Waals surface area contributed by atoms with E-state index in [1.54, 1.807) is 24.3 Å². The number of rotatable bonds is 6. The molecule has 150 valence electrons. The molecule has 1 aromatic heterocycles. The Morgan fingerprint density at radius 3 is 2.34 bits per heavy atom. The summed E-state index contributed by atoms with van der Waals surface area (Å²) in [4.78, 5) is 29.0. The van der Waals surface area contributed by atoms with Gasteiger partial charge < -0.3 is 5.32 Å². The highest BCUT2D eigenvalue weighted by molar-refractivity contribution is 7.14. The predicted molar refractivity (Wildman–Crippen MR) is 119 cm³/mol. The molecule has 0 atom stereocenters. The fourth-order valence-electron chi connectivity index (χ4n) is 3.07. The summed E-state index contributed by atoms with van der Waals surface area (Å²) < 4.78 is 0. The lowest BCUT2D eigenvalue weighted by Crippen LogP contribution is -2.14. The van der Waals surface area contributed by atoms with Crippen LogP contribution in [0.3, 0.4) is 0 Å². The van der Waals surface area contributed by atoms with E-state index in [2.05, 4.69) is 27.8 Å². The molecule has 7 heteroatoms. The quantitative estimate of drug-likeness (QED) is 0.542. The van der Waals surface area contributed by atoms with Crippen molar-refractivity contribution in [2.24, 2.45) is 0 Å². The van der Waals surface area contributed by atoms with Gasteiger partial charge in [0, 0.05) is 28.1 Å². The molecule has 0 fully saturated rings. The van der Waals surface area contributed by atoms with Gasteiger partial charge in [-0.2, -0.15) is 0 Å². The molecule has 29 heavy (non-hydrogen) atoms. The Hall–Kier alpha value is -2.70. The van der Waals surface area contributed by atoms with Crippen LogP contribution in [-0.2, 0) is 11.2 Å². The molecule has 2 N–H and O–H groups in total. The van der Waals surface area contributed by atoms with Crippen LogP contribution >= 0.6 is 22.9 Å². The first-order valence-corrected chi connectivity index (χ1v) is 10.5. The Kier molecular flexibility index (Phi) is 6.67. The molecule has 0 bridgehead atoms. The number of carbonyl (C=O) groups excluding carboxylic acids is 2. The maximum atomic E-state index is 12.4. The number of benzene rings is 2. The largest absolute Gasteiger partial charge is 0.326 e. The van der Waals surface area contributed by atoms with E-state index in [1.165, 1.54) is 16.9 Å². The van der Waals surface area contributed by atoms with Crippen LogP contribution in [-0.4, -0.2) is 16.8 Å². The number of amides is 2. The zero-order valence-corrected chi connectivity index (χ0v) is 18.1. The summed E-state index contributed by atoms with van der Waals surface area (Å²) in [6, 6.07) is 10.8.